The predicted molar refractivity (Wildman–Crippen MR) is 105 cm³/mol. The van der Waals surface area contributed by atoms with Crippen molar-refractivity contribution < 1.29 is 13.1 Å². The highest BCUT2D eigenvalue weighted by Gasteiger charge is 2.16. The van der Waals surface area contributed by atoms with E-state index in [0.717, 1.165) is 33.2 Å². The number of nitrogens with zero attached hydrogens (tertiary/aromatic N) is 1. The van der Waals surface area contributed by atoms with Gasteiger partial charge in [-0.05, 0) is 65.5 Å². The number of aryl methyl sites for hydroxylation is 3. The zero-order valence-corrected chi connectivity index (χ0v) is 14.8. The molecule has 2 heteroatoms. The van der Waals surface area contributed by atoms with Crippen LogP contribution in [0.2, 0.25) is 0 Å². The van der Waals surface area contributed by atoms with Crippen LogP contribution in [-0.4, -0.2) is 0 Å². The molecule has 0 spiro atoms. The van der Waals surface area contributed by atoms with Gasteiger partial charge < -0.3 is 0 Å². The van der Waals surface area contributed by atoms with E-state index in [1.54, 1.807) is 12.3 Å². The molecule has 0 bridgehead atoms. The molecule has 4 aromatic rings. The van der Waals surface area contributed by atoms with Crippen LogP contribution in [0.15, 0.2) is 72.9 Å². The summed E-state index contributed by atoms with van der Waals surface area (Å²) in [7, 11) is 1.87. The number of aromatic nitrogens is 1. The Morgan fingerprint density at radius 1 is 0.846 bits per heavy atom. The molecular weight excluding hydrogens is 321 g/mol. The Kier molecular flexibility index (Phi) is 3.25. The molecule has 0 aliphatic rings. The van der Waals surface area contributed by atoms with Crippen molar-refractivity contribution in [1.82, 2.24) is 0 Å². The highest BCUT2D eigenvalue weighted by atomic mass is 19.1. The van der Waals surface area contributed by atoms with E-state index in [4.69, 9.17) is 4.11 Å². The van der Waals surface area contributed by atoms with Crippen LogP contribution in [0.25, 0.3) is 33.2 Å². The maximum Gasteiger partial charge on any atom is 0.213 e. The quantitative estimate of drug-likeness (QED) is 0.407. The maximum absolute atomic E-state index is 13.5. The van der Waals surface area contributed by atoms with Crippen LogP contribution in [0.4, 0.5) is 4.39 Å². The van der Waals surface area contributed by atoms with Crippen molar-refractivity contribution in [2.45, 2.75) is 13.8 Å². The maximum atomic E-state index is 13.5. The molecule has 0 saturated carbocycles. The minimum absolute atomic E-state index is 0.290. The van der Waals surface area contributed by atoms with Gasteiger partial charge in [-0.15, -0.1) is 0 Å². The molecule has 0 unspecified atom stereocenters. The minimum Gasteiger partial charge on any atom is -0.207 e. The first-order valence-corrected chi connectivity index (χ1v) is 8.54. The fraction of sp³-hybridized carbons (Fsp3) is 0.125. The fourth-order valence-corrected chi connectivity index (χ4v) is 3.40. The molecule has 1 aromatic heterocycles. The third-order valence-corrected chi connectivity index (χ3v) is 4.81. The molecule has 1 heterocycles. The summed E-state index contributed by atoms with van der Waals surface area (Å²) in [4.78, 5) is 0. The number of hydrogen-bond donors (Lipinski definition) is 0. The minimum atomic E-state index is -2.25. The normalized spacial score (nSPS) is 13.3. The van der Waals surface area contributed by atoms with Crippen LogP contribution < -0.4 is 4.57 Å². The molecular formula is C24H21FN+. The number of hydrogen-bond acceptors (Lipinski definition) is 0. The monoisotopic (exact) mass is 345 g/mol. The molecule has 0 radical (unpaired) electrons. The molecule has 128 valence electrons. The Bertz CT molecular complexity index is 1230. The van der Waals surface area contributed by atoms with E-state index in [0.29, 0.717) is 11.1 Å². The predicted octanol–water partition coefficient (Wildman–Crippen LogP) is 5.75. The van der Waals surface area contributed by atoms with Gasteiger partial charge in [0.05, 0.1) is 0 Å². The molecule has 1 nitrogen and oxygen atoms in total. The van der Waals surface area contributed by atoms with Crippen molar-refractivity contribution in [2.75, 3.05) is 0 Å². The third kappa shape index (κ3) is 2.88. The van der Waals surface area contributed by atoms with Crippen molar-refractivity contribution in [2.24, 2.45) is 7.05 Å². The van der Waals surface area contributed by atoms with Crippen LogP contribution in [0, 0.1) is 19.6 Å². The van der Waals surface area contributed by atoms with Crippen LogP contribution in [0.1, 0.15) is 15.2 Å². The lowest BCUT2D eigenvalue weighted by molar-refractivity contribution is -0.660. The first kappa shape index (κ1) is 13.2. The van der Waals surface area contributed by atoms with Crippen molar-refractivity contribution in [3.63, 3.8) is 0 Å². The van der Waals surface area contributed by atoms with E-state index < -0.39 is 6.85 Å². The second kappa shape index (κ2) is 6.38. The Hall–Kier alpha value is -3.00. The molecule has 0 amide bonds. The van der Waals surface area contributed by atoms with Gasteiger partial charge in [0, 0.05) is 21.3 Å². The summed E-state index contributed by atoms with van der Waals surface area (Å²) >= 11 is 0. The summed E-state index contributed by atoms with van der Waals surface area (Å²) in [6.45, 7) is -0.216. The van der Waals surface area contributed by atoms with E-state index in [1.807, 2.05) is 67.1 Å². The van der Waals surface area contributed by atoms with Gasteiger partial charge in [0.25, 0.3) is 0 Å². The smallest absolute Gasteiger partial charge is 0.207 e. The van der Waals surface area contributed by atoms with Gasteiger partial charge in [0.2, 0.25) is 5.69 Å². The highest BCUT2D eigenvalue weighted by molar-refractivity contribution is 5.88. The Labute approximate surface area is 157 Å². The van der Waals surface area contributed by atoms with E-state index in [-0.39, 0.29) is 5.82 Å². The average molecular weight is 345 g/mol. The Morgan fingerprint density at radius 3 is 2.42 bits per heavy atom. The van der Waals surface area contributed by atoms with Gasteiger partial charge >= 0.3 is 0 Å². The fourth-order valence-electron chi connectivity index (χ4n) is 3.40. The molecule has 0 aliphatic carbocycles. The summed E-state index contributed by atoms with van der Waals surface area (Å²) in [5.74, 6) is -0.290. The third-order valence-electron chi connectivity index (χ3n) is 4.81. The molecule has 0 atom stereocenters. The lowest BCUT2D eigenvalue weighted by Gasteiger charge is -2.10. The lowest BCUT2D eigenvalue weighted by atomic mass is 9.96. The largest absolute Gasteiger partial charge is 0.213 e. The summed E-state index contributed by atoms with van der Waals surface area (Å²) in [6.07, 6.45) is 1.69. The summed E-state index contributed by atoms with van der Waals surface area (Å²) in [5, 5.41) is 1.65. The van der Waals surface area contributed by atoms with E-state index in [2.05, 4.69) is 0 Å². The van der Waals surface area contributed by atoms with E-state index in [1.165, 1.54) is 12.1 Å². The van der Waals surface area contributed by atoms with Gasteiger partial charge in [-0.2, -0.15) is 0 Å². The number of fused-ring (bicyclic) bond motifs is 1. The number of benzene rings is 3. The Balaban J connectivity index is 1.99. The molecule has 0 aliphatic heterocycles. The summed E-state index contributed by atoms with van der Waals surface area (Å²) in [6, 6.07) is 20.2. The number of halogens is 1. The number of rotatable bonds is 2. The summed E-state index contributed by atoms with van der Waals surface area (Å²) < 4.78 is 39.5. The van der Waals surface area contributed by atoms with E-state index in [9.17, 15) is 4.39 Å². The summed E-state index contributed by atoms with van der Waals surface area (Å²) in [5.41, 5.74) is 4.85. The van der Waals surface area contributed by atoms with Gasteiger partial charge in [-0.1, -0.05) is 36.4 Å². The first-order chi connectivity index (χ1) is 13.7. The standard InChI is InChI=1S/C24H21FN/c1-16-6-4-5-7-22(16)24-14-23(17(2)15-26(24)3)20-9-8-19-13-21(25)11-10-18(19)12-20/h4-15H,1-3H3/q+1/i2D3. The van der Waals surface area contributed by atoms with Gasteiger partial charge in [-0.3, -0.25) is 0 Å². The van der Waals surface area contributed by atoms with Crippen LogP contribution in [-0.2, 0) is 7.05 Å². The van der Waals surface area contributed by atoms with E-state index >= 15 is 0 Å². The second-order valence-electron chi connectivity index (χ2n) is 6.62. The second-order valence-corrected chi connectivity index (χ2v) is 6.62. The molecule has 4 rings (SSSR count). The molecule has 3 aromatic carbocycles. The lowest BCUT2D eigenvalue weighted by Crippen LogP contribution is -2.31. The average Bonchev–Trinajstić information content (AvgIpc) is 2.67. The van der Waals surface area contributed by atoms with Crippen molar-refractivity contribution in [3.8, 4) is 22.4 Å². The van der Waals surface area contributed by atoms with Crippen molar-refractivity contribution in [3.05, 3.63) is 89.9 Å². The molecule has 0 fully saturated rings. The molecule has 26 heavy (non-hydrogen) atoms. The van der Waals surface area contributed by atoms with Crippen LogP contribution >= 0.6 is 0 Å². The van der Waals surface area contributed by atoms with Crippen molar-refractivity contribution in [1.29, 1.82) is 0 Å². The van der Waals surface area contributed by atoms with Gasteiger partial charge in [-0.25, -0.2) is 8.96 Å². The zero-order valence-electron chi connectivity index (χ0n) is 17.8. The first-order valence-electron chi connectivity index (χ1n) is 10.0. The van der Waals surface area contributed by atoms with Crippen molar-refractivity contribution >= 4 is 10.8 Å². The topological polar surface area (TPSA) is 3.88 Å². The number of pyridine rings is 1. The highest BCUT2D eigenvalue weighted by Crippen LogP contribution is 2.30. The van der Waals surface area contributed by atoms with Crippen LogP contribution in [0.5, 0.6) is 0 Å². The molecule has 0 saturated heterocycles. The molecule has 0 N–H and O–H groups in total. The van der Waals surface area contributed by atoms with Crippen LogP contribution in [0.3, 0.4) is 0 Å². The SMILES string of the molecule is [2H]C([2H])([2H])c1c[n+](C)c(-c2ccccc2C)cc1-c1ccc2cc(F)ccc2c1. The Morgan fingerprint density at radius 2 is 1.62 bits per heavy atom. The van der Waals surface area contributed by atoms with Gasteiger partial charge in [0.15, 0.2) is 6.20 Å². The zero-order chi connectivity index (χ0) is 20.8. The van der Waals surface area contributed by atoms with Gasteiger partial charge in [0.1, 0.15) is 12.9 Å².